The average Bonchev–Trinajstić information content (AvgIpc) is 2.88. The minimum Gasteiger partial charge on any atom is -0.467 e. The Hall–Kier alpha value is -3.92. The monoisotopic (exact) mass is 494 g/mol. The Bertz CT molecular complexity index is 1310. The lowest BCUT2D eigenvalue weighted by Crippen LogP contribution is -2.27. The van der Waals surface area contributed by atoms with Crippen molar-refractivity contribution >= 4 is 23.3 Å². The van der Waals surface area contributed by atoms with E-state index in [1.807, 2.05) is 12.1 Å². The fraction of sp³-hybridized carbons (Fsp3) is 0.269. The van der Waals surface area contributed by atoms with Gasteiger partial charge in [-0.2, -0.15) is 13.2 Å². The molecule has 3 N–H and O–H groups in total. The highest BCUT2D eigenvalue weighted by Crippen LogP contribution is 2.40. The van der Waals surface area contributed by atoms with Gasteiger partial charge in [0.05, 0.1) is 18.4 Å². The Labute approximate surface area is 206 Å². The van der Waals surface area contributed by atoms with Crippen molar-refractivity contribution < 1.29 is 17.9 Å². The zero-order valence-corrected chi connectivity index (χ0v) is 19.6. The molecule has 0 bridgehead atoms. The maximum atomic E-state index is 14.1. The van der Waals surface area contributed by atoms with Gasteiger partial charge in [0.25, 0.3) is 0 Å². The lowest BCUT2D eigenvalue weighted by Gasteiger charge is -2.26. The van der Waals surface area contributed by atoms with E-state index in [1.165, 1.54) is 13.2 Å². The fourth-order valence-corrected chi connectivity index (χ4v) is 4.61. The Balaban J connectivity index is 1.56. The predicted octanol–water partition coefficient (Wildman–Crippen LogP) is 5.32. The van der Waals surface area contributed by atoms with Crippen molar-refractivity contribution in [1.29, 1.82) is 0 Å². The van der Waals surface area contributed by atoms with Crippen LogP contribution >= 0.6 is 0 Å². The van der Waals surface area contributed by atoms with Crippen LogP contribution in [0.4, 0.5) is 24.7 Å². The molecule has 4 heterocycles. The van der Waals surface area contributed by atoms with Gasteiger partial charge in [-0.25, -0.2) is 15.0 Å². The Kier molecular flexibility index (Phi) is 6.36. The highest BCUT2D eigenvalue weighted by atomic mass is 19.4. The number of ether oxygens (including phenoxy) is 1. The number of alkyl halides is 3. The quantitative estimate of drug-likeness (QED) is 0.443. The van der Waals surface area contributed by atoms with Gasteiger partial charge in [-0.1, -0.05) is 12.6 Å². The molecule has 2 aliphatic rings. The molecule has 0 radical (unpaired) electrons. The lowest BCUT2D eigenvalue weighted by atomic mass is 9.86. The van der Waals surface area contributed by atoms with E-state index in [4.69, 9.17) is 9.72 Å². The van der Waals surface area contributed by atoms with Gasteiger partial charge >= 0.3 is 12.2 Å². The summed E-state index contributed by atoms with van der Waals surface area (Å²) >= 11 is 0. The van der Waals surface area contributed by atoms with E-state index in [-0.39, 0.29) is 11.9 Å². The molecule has 0 saturated carbocycles. The van der Waals surface area contributed by atoms with Crippen molar-refractivity contribution in [2.24, 2.45) is 0 Å². The summed E-state index contributed by atoms with van der Waals surface area (Å²) in [5, 5.41) is 9.37. The molecule has 0 unspecified atom stereocenters. The van der Waals surface area contributed by atoms with Crippen molar-refractivity contribution in [1.82, 2.24) is 25.6 Å². The van der Waals surface area contributed by atoms with Crippen LogP contribution in [0.5, 0.6) is 6.01 Å². The predicted molar refractivity (Wildman–Crippen MR) is 133 cm³/mol. The van der Waals surface area contributed by atoms with Crippen LogP contribution in [0.2, 0.25) is 0 Å². The number of pyridine rings is 1. The van der Waals surface area contributed by atoms with Gasteiger partial charge in [-0.15, -0.1) is 0 Å². The first kappa shape index (κ1) is 23.8. The summed E-state index contributed by atoms with van der Waals surface area (Å²) in [5.74, 6) is 0.248. The van der Waals surface area contributed by atoms with E-state index in [0.29, 0.717) is 65.5 Å². The number of rotatable bonds is 5. The van der Waals surface area contributed by atoms with E-state index < -0.39 is 11.7 Å². The van der Waals surface area contributed by atoms with Crippen LogP contribution in [-0.2, 0) is 6.18 Å². The van der Waals surface area contributed by atoms with Gasteiger partial charge in [0.15, 0.2) is 0 Å². The van der Waals surface area contributed by atoms with E-state index in [0.717, 1.165) is 5.56 Å². The van der Waals surface area contributed by atoms with Crippen LogP contribution < -0.4 is 20.7 Å². The summed E-state index contributed by atoms with van der Waals surface area (Å²) in [6, 6.07) is 6.51. The topological polar surface area (TPSA) is 84.0 Å². The van der Waals surface area contributed by atoms with Crippen molar-refractivity contribution in [3.63, 3.8) is 0 Å². The third-order valence-corrected chi connectivity index (χ3v) is 6.38. The first-order chi connectivity index (χ1) is 17.3. The number of piperidine rings is 1. The second-order valence-corrected chi connectivity index (χ2v) is 8.68. The highest BCUT2D eigenvalue weighted by molar-refractivity contribution is 5.86. The molecule has 0 aliphatic carbocycles. The van der Waals surface area contributed by atoms with E-state index >= 15 is 0 Å². The SMILES string of the molecule is C=C1NC=Cc2cc(-c3cnc(OC)nc3)nc(Nc3ccc(C4CCNCC4)c(C(F)(F)F)c3)c21. The minimum absolute atomic E-state index is 0.129. The average molecular weight is 495 g/mol. The molecule has 3 aromatic rings. The molecule has 0 amide bonds. The molecule has 7 nitrogen and oxygen atoms in total. The maximum absolute atomic E-state index is 14.1. The van der Waals surface area contributed by atoms with E-state index in [1.54, 1.807) is 30.7 Å². The number of halogens is 3. The molecule has 0 atom stereocenters. The molecular formula is C26H25F3N6O. The van der Waals surface area contributed by atoms with Gasteiger partial charge < -0.3 is 20.7 Å². The zero-order chi connectivity index (χ0) is 25.3. The number of anilines is 2. The van der Waals surface area contributed by atoms with Crippen molar-refractivity contribution in [2.45, 2.75) is 24.9 Å². The Morgan fingerprint density at radius 3 is 2.56 bits per heavy atom. The fourth-order valence-electron chi connectivity index (χ4n) is 4.61. The number of fused-ring (bicyclic) bond motifs is 1. The van der Waals surface area contributed by atoms with Crippen LogP contribution in [0.25, 0.3) is 23.0 Å². The van der Waals surface area contributed by atoms with Crippen molar-refractivity contribution in [3.8, 4) is 17.3 Å². The molecule has 186 valence electrons. The highest BCUT2D eigenvalue weighted by Gasteiger charge is 2.36. The van der Waals surface area contributed by atoms with Crippen LogP contribution in [0.3, 0.4) is 0 Å². The van der Waals surface area contributed by atoms with E-state index in [9.17, 15) is 13.2 Å². The van der Waals surface area contributed by atoms with Gasteiger partial charge in [-0.3, -0.25) is 0 Å². The Morgan fingerprint density at radius 1 is 1.11 bits per heavy atom. The summed E-state index contributed by atoms with van der Waals surface area (Å²) in [7, 11) is 1.48. The molecule has 10 heteroatoms. The molecule has 2 aromatic heterocycles. The third kappa shape index (κ3) is 4.76. The van der Waals surface area contributed by atoms with E-state index in [2.05, 4.69) is 32.5 Å². The number of nitrogens with zero attached hydrogens (tertiary/aromatic N) is 3. The Morgan fingerprint density at radius 2 is 1.86 bits per heavy atom. The first-order valence-electron chi connectivity index (χ1n) is 11.6. The number of methoxy groups -OCH3 is 1. The molecule has 36 heavy (non-hydrogen) atoms. The molecule has 2 aliphatic heterocycles. The molecular weight excluding hydrogens is 469 g/mol. The smallest absolute Gasteiger partial charge is 0.416 e. The van der Waals surface area contributed by atoms with Gasteiger partial charge in [0, 0.05) is 41.1 Å². The second-order valence-electron chi connectivity index (χ2n) is 8.68. The summed E-state index contributed by atoms with van der Waals surface area (Å²) in [6.07, 6.45) is 3.65. The summed E-state index contributed by atoms with van der Waals surface area (Å²) in [5.41, 5.74) is 3.27. The lowest BCUT2D eigenvalue weighted by molar-refractivity contribution is -0.138. The molecule has 1 saturated heterocycles. The van der Waals surface area contributed by atoms with Crippen molar-refractivity contribution in [2.75, 3.05) is 25.5 Å². The largest absolute Gasteiger partial charge is 0.467 e. The normalized spacial score (nSPS) is 15.8. The number of hydrogen-bond donors (Lipinski definition) is 3. The number of benzene rings is 1. The van der Waals surface area contributed by atoms with Crippen molar-refractivity contribution in [3.05, 3.63) is 71.7 Å². The molecule has 5 rings (SSSR count). The third-order valence-electron chi connectivity index (χ3n) is 6.38. The maximum Gasteiger partial charge on any atom is 0.416 e. The second kappa shape index (κ2) is 9.62. The van der Waals surface area contributed by atoms with Crippen LogP contribution in [0, 0.1) is 0 Å². The van der Waals surface area contributed by atoms with Gasteiger partial charge in [0.2, 0.25) is 0 Å². The number of hydrogen-bond acceptors (Lipinski definition) is 7. The van der Waals surface area contributed by atoms with Gasteiger partial charge in [0.1, 0.15) is 5.82 Å². The summed E-state index contributed by atoms with van der Waals surface area (Å²) in [6.45, 7) is 5.47. The minimum atomic E-state index is -4.47. The van der Waals surface area contributed by atoms with Crippen LogP contribution in [0.1, 0.15) is 41.0 Å². The zero-order valence-electron chi connectivity index (χ0n) is 19.6. The molecule has 1 aromatic carbocycles. The first-order valence-corrected chi connectivity index (χ1v) is 11.6. The van der Waals surface area contributed by atoms with Crippen LogP contribution in [-0.4, -0.2) is 35.2 Å². The number of aromatic nitrogens is 3. The summed E-state index contributed by atoms with van der Waals surface area (Å²) in [4.78, 5) is 13.0. The van der Waals surface area contributed by atoms with Gasteiger partial charge in [-0.05, 0) is 67.3 Å². The summed E-state index contributed by atoms with van der Waals surface area (Å²) < 4.78 is 47.3. The number of nitrogens with one attached hydrogen (secondary N) is 3. The van der Waals surface area contributed by atoms with Crippen LogP contribution in [0.15, 0.2) is 49.4 Å². The molecule has 0 spiro atoms. The standard InChI is InChI=1S/C26H25F3N6O/c1-15-23-17(7-10-31-15)11-22(18-13-32-25(36-2)33-14-18)35-24(23)34-19-3-4-20(16-5-8-30-9-6-16)21(12-19)26(27,28)29/h3-4,7,10-14,16,30-31H,1,5-6,8-9H2,2H3,(H,34,35). The molecule has 1 fully saturated rings.